The Kier molecular flexibility index (Phi) is 2.28. The van der Waals surface area contributed by atoms with Crippen LogP contribution in [-0.2, 0) is 9.47 Å². The first-order valence-electron chi connectivity index (χ1n) is 3.58. The Morgan fingerprint density at radius 3 is 2.50 bits per heavy atom. The molecule has 1 aliphatic rings. The molecule has 0 aromatic carbocycles. The molecule has 0 aliphatic carbocycles. The lowest BCUT2D eigenvalue weighted by atomic mass is 10.3. The van der Waals surface area contributed by atoms with E-state index in [2.05, 4.69) is 21.1 Å². The highest BCUT2D eigenvalue weighted by Crippen LogP contribution is 2.06. The average Bonchev–Trinajstić information content (AvgIpc) is 2.12. The SMILES string of the molecule is C[N+](C)(C)C[C@H]1COCO1. The van der Waals surface area contributed by atoms with Crippen molar-refractivity contribution in [1.29, 1.82) is 0 Å². The molecule has 0 saturated carbocycles. The minimum Gasteiger partial charge on any atom is -0.352 e. The number of rotatable bonds is 2. The van der Waals surface area contributed by atoms with Gasteiger partial charge in [0.2, 0.25) is 0 Å². The summed E-state index contributed by atoms with van der Waals surface area (Å²) in [6, 6.07) is 0. The Bertz CT molecular complexity index is 103. The normalized spacial score (nSPS) is 27.3. The van der Waals surface area contributed by atoms with Crippen molar-refractivity contribution in [2.45, 2.75) is 6.10 Å². The van der Waals surface area contributed by atoms with Gasteiger partial charge in [-0.1, -0.05) is 0 Å². The Labute approximate surface area is 62.1 Å². The Balaban J connectivity index is 2.24. The van der Waals surface area contributed by atoms with Gasteiger partial charge in [0, 0.05) is 0 Å². The molecule has 0 bridgehead atoms. The summed E-state index contributed by atoms with van der Waals surface area (Å²) in [6.07, 6.45) is 0.306. The lowest BCUT2D eigenvalue weighted by molar-refractivity contribution is -0.873. The molecule has 0 N–H and O–H groups in total. The minimum atomic E-state index is 0.306. The maximum absolute atomic E-state index is 5.29. The first-order chi connectivity index (χ1) is 4.58. The topological polar surface area (TPSA) is 18.5 Å². The fourth-order valence-corrected chi connectivity index (χ4v) is 1.09. The second-order valence-corrected chi connectivity index (χ2v) is 3.75. The molecule has 3 nitrogen and oxygen atoms in total. The molecule has 0 aromatic heterocycles. The molecular formula is C7H16NO2+. The second kappa shape index (κ2) is 2.86. The van der Waals surface area contributed by atoms with Gasteiger partial charge in [-0.2, -0.15) is 0 Å². The van der Waals surface area contributed by atoms with Crippen LogP contribution in [0.4, 0.5) is 0 Å². The average molecular weight is 146 g/mol. The largest absolute Gasteiger partial charge is 0.352 e. The summed E-state index contributed by atoms with van der Waals surface area (Å²) in [5.74, 6) is 0. The first-order valence-corrected chi connectivity index (χ1v) is 3.58. The zero-order valence-corrected chi connectivity index (χ0v) is 6.96. The fourth-order valence-electron chi connectivity index (χ4n) is 1.09. The van der Waals surface area contributed by atoms with Gasteiger partial charge in [-0.25, -0.2) is 0 Å². The molecular weight excluding hydrogens is 130 g/mol. The third kappa shape index (κ3) is 2.64. The summed E-state index contributed by atoms with van der Waals surface area (Å²) in [6.45, 7) is 2.26. The van der Waals surface area contributed by atoms with Crippen LogP contribution in [-0.4, -0.2) is 51.7 Å². The van der Waals surface area contributed by atoms with Crippen LogP contribution in [0.2, 0.25) is 0 Å². The molecule has 10 heavy (non-hydrogen) atoms. The van der Waals surface area contributed by atoms with Gasteiger partial charge in [-0.3, -0.25) is 0 Å². The molecule has 0 unspecified atom stereocenters. The molecule has 0 spiro atoms. The maximum Gasteiger partial charge on any atom is 0.147 e. The molecule has 1 atom stereocenters. The van der Waals surface area contributed by atoms with E-state index in [1.165, 1.54) is 0 Å². The predicted molar refractivity (Wildman–Crippen MR) is 38.6 cm³/mol. The van der Waals surface area contributed by atoms with Crippen molar-refractivity contribution in [1.82, 2.24) is 0 Å². The van der Waals surface area contributed by atoms with E-state index in [-0.39, 0.29) is 0 Å². The highest BCUT2D eigenvalue weighted by atomic mass is 16.7. The van der Waals surface area contributed by atoms with Gasteiger partial charge < -0.3 is 14.0 Å². The molecule has 0 aromatic rings. The molecule has 1 heterocycles. The Hall–Kier alpha value is -0.120. The zero-order valence-electron chi connectivity index (χ0n) is 6.96. The van der Waals surface area contributed by atoms with E-state index in [0.29, 0.717) is 12.9 Å². The number of likely N-dealkylation sites (N-methyl/N-ethyl adjacent to an activating group) is 1. The third-order valence-corrected chi connectivity index (χ3v) is 1.44. The van der Waals surface area contributed by atoms with E-state index >= 15 is 0 Å². The predicted octanol–water partition coefficient (Wildman–Crippen LogP) is 0.0655. The molecule has 1 rings (SSSR count). The number of quaternary nitrogens is 1. The van der Waals surface area contributed by atoms with Crippen LogP contribution in [0.1, 0.15) is 0 Å². The van der Waals surface area contributed by atoms with Gasteiger partial charge in [0.1, 0.15) is 19.4 Å². The Morgan fingerprint density at radius 2 is 2.10 bits per heavy atom. The monoisotopic (exact) mass is 146 g/mol. The van der Waals surface area contributed by atoms with Gasteiger partial charge in [0.15, 0.2) is 0 Å². The van der Waals surface area contributed by atoms with Crippen molar-refractivity contribution < 1.29 is 14.0 Å². The zero-order chi connectivity index (χ0) is 7.61. The van der Waals surface area contributed by atoms with Crippen molar-refractivity contribution in [3.05, 3.63) is 0 Å². The van der Waals surface area contributed by atoms with Gasteiger partial charge in [-0.05, 0) is 0 Å². The first kappa shape index (κ1) is 7.98. The lowest BCUT2D eigenvalue weighted by Crippen LogP contribution is -2.42. The van der Waals surface area contributed by atoms with E-state index < -0.39 is 0 Å². The van der Waals surface area contributed by atoms with Crippen molar-refractivity contribution >= 4 is 0 Å². The second-order valence-electron chi connectivity index (χ2n) is 3.75. The van der Waals surface area contributed by atoms with Crippen LogP contribution in [0.15, 0.2) is 0 Å². The van der Waals surface area contributed by atoms with Crippen molar-refractivity contribution in [3.8, 4) is 0 Å². The van der Waals surface area contributed by atoms with Gasteiger partial charge in [-0.15, -0.1) is 0 Å². The molecule has 0 amide bonds. The summed E-state index contributed by atoms with van der Waals surface area (Å²) in [5, 5.41) is 0. The summed E-state index contributed by atoms with van der Waals surface area (Å²) in [5.41, 5.74) is 0. The van der Waals surface area contributed by atoms with Gasteiger partial charge in [0.25, 0.3) is 0 Å². The van der Waals surface area contributed by atoms with Crippen LogP contribution < -0.4 is 0 Å². The third-order valence-electron chi connectivity index (χ3n) is 1.44. The maximum atomic E-state index is 5.29. The van der Waals surface area contributed by atoms with Crippen molar-refractivity contribution in [2.24, 2.45) is 0 Å². The van der Waals surface area contributed by atoms with E-state index in [0.717, 1.165) is 17.6 Å². The smallest absolute Gasteiger partial charge is 0.147 e. The van der Waals surface area contributed by atoms with Crippen LogP contribution in [0.3, 0.4) is 0 Å². The molecule has 0 radical (unpaired) electrons. The lowest BCUT2D eigenvalue weighted by Gasteiger charge is -2.25. The van der Waals surface area contributed by atoms with Crippen LogP contribution >= 0.6 is 0 Å². The van der Waals surface area contributed by atoms with Crippen LogP contribution in [0.25, 0.3) is 0 Å². The minimum absolute atomic E-state index is 0.306. The summed E-state index contributed by atoms with van der Waals surface area (Å²) in [7, 11) is 6.46. The van der Waals surface area contributed by atoms with Gasteiger partial charge in [0.05, 0.1) is 27.7 Å². The van der Waals surface area contributed by atoms with Gasteiger partial charge >= 0.3 is 0 Å². The molecule has 1 saturated heterocycles. The number of hydrogen-bond donors (Lipinski definition) is 0. The van der Waals surface area contributed by atoms with E-state index in [4.69, 9.17) is 9.47 Å². The van der Waals surface area contributed by atoms with Crippen LogP contribution in [0, 0.1) is 0 Å². The van der Waals surface area contributed by atoms with E-state index in [9.17, 15) is 0 Å². The highest BCUT2D eigenvalue weighted by Gasteiger charge is 2.22. The van der Waals surface area contributed by atoms with E-state index in [1.54, 1.807) is 0 Å². The Morgan fingerprint density at radius 1 is 1.40 bits per heavy atom. The van der Waals surface area contributed by atoms with Crippen molar-refractivity contribution in [3.63, 3.8) is 0 Å². The summed E-state index contributed by atoms with van der Waals surface area (Å²) >= 11 is 0. The number of nitrogens with zero attached hydrogens (tertiary/aromatic N) is 1. The quantitative estimate of drug-likeness (QED) is 0.513. The molecule has 1 aliphatic heterocycles. The van der Waals surface area contributed by atoms with E-state index in [1.807, 2.05) is 0 Å². The van der Waals surface area contributed by atoms with Crippen molar-refractivity contribution in [2.75, 3.05) is 41.1 Å². The standard InChI is InChI=1S/C7H16NO2/c1-8(2,3)4-7-5-9-6-10-7/h7H,4-6H2,1-3H3/q+1/t7-/m0/s1. The van der Waals surface area contributed by atoms with Crippen LogP contribution in [0.5, 0.6) is 0 Å². The molecule has 60 valence electrons. The fraction of sp³-hybridized carbons (Fsp3) is 1.00. The summed E-state index contributed by atoms with van der Waals surface area (Å²) < 4.78 is 11.3. The molecule has 3 heteroatoms. The molecule has 1 fully saturated rings. The number of hydrogen-bond acceptors (Lipinski definition) is 2. The summed E-state index contributed by atoms with van der Waals surface area (Å²) in [4.78, 5) is 0. The highest BCUT2D eigenvalue weighted by molar-refractivity contribution is 4.57. The number of ether oxygens (including phenoxy) is 2.